The first-order valence-electron chi connectivity index (χ1n) is 8.76. The second-order valence-electron chi connectivity index (χ2n) is 6.19. The molecule has 0 aromatic rings. The van der Waals surface area contributed by atoms with Crippen LogP contribution < -0.4 is 0 Å². The molecular formula is C18H32O4. The highest BCUT2D eigenvalue weighted by atomic mass is 16.5. The Bertz CT molecular complexity index is 314. The maximum Gasteiger partial charge on any atom is 0.303 e. The monoisotopic (exact) mass is 312 g/mol. The van der Waals surface area contributed by atoms with Gasteiger partial charge < -0.3 is 14.6 Å². The summed E-state index contributed by atoms with van der Waals surface area (Å²) >= 11 is 0. The summed E-state index contributed by atoms with van der Waals surface area (Å²) in [6.07, 6.45) is 12.1. The Morgan fingerprint density at radius 1 is 1.18 bits per heavy atom. The molecule has 1 N–H and O–H groups in total. The molecule has 1 fully saturated rings. The second-order valence-corrected chi connectivity index (χ2v) is 6.19. The van der Waals surface area contributed by atoms with Gasteiger partial charge in [0.25, 0.3) is 0 Å². The van der Waals surface area contributed by atoms with Gasteiger partial charge in [-0.05, 0) is 31.6 Å². The van der Waals surface area contributed by atoms with Crippen molar-refractivity contribution >= 4 is 5.97 Å². The Morgan fingerprint density at radius 3 is 2.77 bits per heavy atom. The van der Waals surface area contributed by atoms with Gasteiger partial charge in [0.1, 0.15) is 0 Å². The number of carboxylic acids is 1. The van der Waals surface area contributed by atoms with E-state index >= 15 is 0 Å². The largest absolute Gasteiger partial charge is 0.481 e. The maximum absolute atomic E-state index is 10.4. The van der Waals surface area contributed by atoms with Crippen molar-refractivity contribution in [1.82, 2.24) is 0 Å². The molecule has 0 saturated carbocycles. The number of ether oxygens (including phenoxy) is 2. The Hall–Kier alpha value is -0.870. The minimum atomic E-state index is -0.714. The third kappa shape index (κ3) is 9.21. The summed E-state index contributed by atoms with van der Waals surface area (Å²) in [5.41, 5.74) is 0. The Balaban J connectivity index is 2.07. The van der Waals surface area contributed by atoms with E-state index in [1.807, 2.05) is 0 Å². The highest BCUT2D eigenvalue weighted by Crippen LogP contribution is 2.25. The molecule has 0 aliphatic carbocycles. The minimum Gasteiger partial charge on any atom is -0.481 e. The van der Waals surface area contributed by atoms with E-state index in [1.54, 1.807) is 0 Å². The van der Waals surface area contributed by atoms with E-state index in [0.29, 0.717) is 11.8 Å². The summed E-state index contributed by atoms with van der Waals surface area (Å²) < 4.78 is 11.4. The maximum atomic E-state index is 10.4. The summed E-state index contributed by atoms with van der Waals surface area (Å²) in [5, 5.41) is 8.57. The fraction of sp³-hybridized carbons (Fsp3) is 0.833. The van der Waals surface area contributed by atoms with Crippen molar-refractivity contribution in [3.63, 3.8) is 0 Å². The fourth-order valence-electron chi connectivity index (χ4n) is 2.71. The van der Waals surface area contributed by atoms with Gasteiger partial charge in [-0.15, -0.1) is 0 Å². The lowest BCUT2D eigenvalue weighted by Gasteiger charge is -2.16. The molecule has 2 atom stereocenters. The first-order chi connectivity index (χ1) is 10.7. The van der Waals surface area contributed by atoms with E-state index in [-0.39, 0.29) is 6.42 Å². The zero-order chi connectivity index (χ0) is 16.0. The van der Waals surface area contributed by atoms with Gasteiger partial charge in [0.15, 0.2) is 0 Å². The average Bonchev–Trinajstić information content (AvgIpc) is 2.93. The summed E-state index contributed by atoms with van der Waals surface area (Å²) in [6.45, 7) is 5.53. The SMILES string of the molecule is CCCCCCOC[C@@H]1COC[C@@H]1CC=CCCCC(=O)O. The number of unbranched alkanes of at least 4 members (excludes halogenated alkanes) is 4. The predicted octanol–water partition coefficient (Wildman–Crippen LogP) is 4.05. The predicted molar refractivity (Wildman–Crippen MR) is 88.0 cm³/mol. The molecule has 0 bridgehead atoms. The van der Waals surface area contributed by atoms with Gasteiger partial charge in [-0.1, -0.05) is 38.3 Å². The van der Waals surface area contributed by atoms with E-state index in [1.165, 1.54) is 19.3 Å². The molecular weight excluding hydrogens is 280 g/mol. The molecule has 4 nitrogen and oxygen atoms in total. The molecule has 1 saturated heterocycles. The molecule has 0 aromatic carbocycles. The molecule has 0 aromatic heterocycles. The summed E-state index contributed by atoms with van der Waals surface area (Å²) in [6, 6.07) is 0. The van der Waals surface area contributed by atoms with Crippen LogP contribution in [0, 0.1) is 11.8 Å². The molecule has 1 heterocycles. The van der Waals surface area contributed by atoms with Crippen LogP contribution in [0.15, 0.2) is 12.2 Å². The fourth-order valence-corrected chi connectivity index (χ4v) is 2.71. The number of hydrogen-bond donors (Lipinski definition) is 1. The normalized spacial score (nSPS) is 21.7. The van der Waals surface area contributed by atoms with E-state index in [2.05, 4.69) is 19.1 Å². The number of carboxylic acid groups (broad SMARTS) is 1. The van der Waals surface area contributed by atoms with Crippen LogP contribution in [0.5, 0.6) is 0 Å². The molecule has 4 heteroatoms. The smallest absolute Gasteiger partial charge is 0.303 e. The van der Waals surface area contributed by atoms with Crippen molar-refractivity contribution in [2.24, 2.45) is 11.8 Å². The van der Waals surface area contributed by atoms with Crippen LogP contribution in [0.4, 0.5) is 0 Å². The van der Waals surface area contributed by atoms with Crippen molar-refractivity contribution in [3.05, 3.63) is 12.2 Å². The van der Waals surface area contributed by atoms with Crippen molar-refractivity contribution in [2.75, 3.05) is 26.4 Å². The first-order valence-corrected chi connectivity index (χ1v) is 8.76. The summed E-state index contributed by atoms with van der Waals surface area (Å²) in [7, 11) is 0. The van der Waals surface area contributed by atoms with Gasteiger partial charge in [-0.25, -0.2) is 0 Å². The summed E-state index contributed by atoms with van der Waals surface area (Å²) in [4.78, 5) is 10.4. The van der Waals surface area contributed by atoms with Crippen LogP contribution in [0.3, 0.4) is 0 Å². The van der Waals surface area contributed by atoms with Crippen molar-refractivity contribution in [2.45, 2.75) is 58.3 Å². The quantitative estimate of drug-likeness (QED) is 0.412. The number of carbonyl (C=O) groups is 1. The number of aliphatic carboxylic acids is 1. The third-order valence-corrected chi connectivity index (χ3v) is 4.17. The Morgan fingerprint density at radius 2 is 2.00 bits per heavy atom. The summed E-state index contributed by atoms with van der Waals surface area (Å²) in [5.74, 6) is 0.343. The van der Waals surface area contributed by atoms with Crippen molar-refractivity contribution in [3.8, 4) is 0 Å². The molecule has 1 rings (SSSR count). The first kappa shape index (κ1) is 19.2. The van der Waals surface area contributed by atoms with Gasteiger partial charge in [-0.2, -0.15) is 0 Å². The lowest BCUT2D eigenvalue weighted by Crippen LogP contribution is -2.18. The second kappa shape index (κ2) is 12.7. The molecule has 0 radical (unpaired) electrons. The van der Waals surface area contributed by atoms with E-state index in [0.717, 1.165) is 52.1 Å². The third-order valence-electron chi connectivity index (χ3n) is 4.17. The number of allylic oxidation sites excluding steroid dienone is 2. The molecule has 0 unspecified atom stereocenters. The molecule has 0 amide bonds. The van der Waals surface area contributed by atoms with E-state index in [4.69, 9.17) is 14.6 Å². The lowest BCUT2D eigenvalue weighted by atomic mass is 9.93. The van der Waals surface area contributed by atoms with Crippen LogP contribution in [0.1, 0.15) is 58.3 Å². The molecule has 1 aliphatic rings. The van der Waals surface area contributed by atoms with E-state index < -0.39 is 5.97 Å². The highest BCUT2D eigenvalue weighted by Gasteiger charge is 2.27. The number of hydrogen-bond acceptors (Lipinski definition) is 3. The molecule has 22 heavy (non-hydrogen) atoms. The van der Waals surface area contributed by atoms with Gasteiger partial charge in [0, 0.05) is 18.9 Å². The van der Waals surface area contributed by atoms with Crippen molar-refractivity contribution < 1.29 is 19.4 Å². The van der Waals surface area contributed by atoms with Crippen LogP contribution in [-0.4, -0.2) is 37.5 Å². The van der Waals surface area contributed by atoms with Crippen molar-refractivity contribution in [1.29, 1.82) is 0 Å². The number of rotatable bonds is 13. The van der Waals surface area contributed by atoms with E-state index in [9.17, 15) is 4.79 Å². The molecule has 128 valence electrons. The van der Waals surface area contributed by atoms with Crippen LogP contribution in [0.2, 0.25) is 0 Å². The minimum absolute atomic E-state index is 0.255. The van der Waals surface area contributed by atoms with Gasteiger partial charge >= 0.3 is 5.97 Å². The topological polar surface area (TPSA) is 55.8 Å². The van der Waals surface area contributed by atoms with Gasteiger partial charge in [0.05, 0.1) is 19.8 Å². The highest BCUT2D eigenvalue weighted by molar-refractivity contribution is 5.66. The zero-order valence-electron chi connectivity index (χ0n) is 14.0. The van der Waals surface area contributed by atoms with Gasteiger partial charge in [0.2, 0.25) is 0 Å². The van der Waals surface area contributed by atoms with Crippen LogP contribution in [0.25, 0.3) is 0 Å². The lowest BCUT2D eigenvalue weighted by molar-refractivity contribution is -0.137. The van der Waals surface area contributed by atoms with Crippen LogP contribution in [-0.2, 0) is 14.3 Å². The Labute approximate surface area is 134 Å². The zero-order valence-corrected chi connectivity index (χ0v) is 14.0. The van der Waals surface area contributed by atoms with Crippen LogP contribution >= 0.6 is 0 Å². The molecule has 1 aliphatic heterocycles. The Kier molecular flexibility index (Phi) is 11.0. The molecule has 0 spiro atoms. The average molecular weight is 312 g/mol. The van der Waals surface area contributed by atoms with Gasteiger partial charge in [-0.3, -0.25) is 4.79 Å². The standard InChI is InChI=1S/C18H32O4/c1-2-3-4-9-12-21-14-17-15-22-13-16(17)10-7-5-6-8-11-18(19)20/h5,7,16-17H,2-4,6,8-15H2,1H3,(H,19,20)/t16-,17+/m0/s1.